The van der Waals surface area contributed by atoms with E-state index in [1.165, 1.54) is 5.56 Å². The van der Waals surface area contributed by atoms with Crippen LogP contribution in [-0.4, -0.2) is 23.1 Å². The maximum Gasteiger partial charge on any atom is 1.00 e. The molecule has 0 atom stereocenters. The fourth-order valence-corrected chi connectivity index (χ4v) is 2.05. The van der Waals surface area contributed by atoms with Crippen molar-refractivity contribution in [3.8, 4) is 0 Å². The largest absolute Gasteiger partial charge is 1.00 e. The molecule has 3 nitrogen and oxygen atoms in total. The number of ether oxygens (including phenoxy) is 1. The molecular weight excluding hydrogens is 245 g/mol. The van der Waals surface area contributed by atoms with Gasteiger partial charge in [0.1, 0.15) is 0 Å². The van der Waals surface area contributed by atoms with E-state index in [1.807, 2.05) is 65.8 Å². The van der Waals surface area contributed by atoms with Crippen LogP contribution in [0.5, 0.6) is 0 Å². The van der Waals surface area contributed by atoms with Crippen LogP contribution in [-0.2, 0) is 4.74 Å². The van der Waals surface area contributed by atoms with Gasteiger partial charge < -0.3 is 9.64 Å². The van der Waals surface area contributed by atoms with E-state index in [0.717, 1.165) is 5.56 Å². The predicted octanol–water partition coefficient (Wildman–Crippen LogP) is 1.15. The summed E-state index contributed by atoms with van der Waals surface area (Å²) in [5, 5.41) is 0. The Balaban J connectivity index is 0.00000361. The van der Waals surface area contributed by atoms with Crippen molar-refractivity contribution in [2.75, 3.05) is 0 Å². The molecule has 0 saturated heterocycles. The van der Waals surface area contributed by atoms with Crippen molar-refractivity contribution >= 4 is 6.09 Å². The van der Waals surface area contributed by atoms with Crippen LogP contribution in [0.25, 0.3) is 0 Å². The van der Waals surface area contributed by atoms with E-state index >= 15 is 0 Å². The third kappa shape index (κ3) is 5.15. The van der Waals surface area contributed by atoms with Crippen LogP contribution in [0.4, 0.5) is 4.79 Å². The first-order valence-electron chi connectivity index (χ1n) is 6.73. The molecule has 0 unspecified atom stereocenters. The maximum atomic E-state index is 12.2. The van der Waals surface area contributed by atoms with E-state index in [-0.39, 0.29) is 37.0 Å². The number of carbonyl (C=O) groups excluding carboxylic acids is 1. The summed E-state index contributed by atoms with van der Waals surface area (Å²) in [5.74, 6) is 0. The SMILES string of the molecule is Cc1ccc([C-](C)OC(=O)N(C(C)C)C(C)C)cc1.[Li+]. The standard InChI is InChI=1S/C16H24NO2.Li/c1-11(2)17(12(3)4)16(18)19-14(6)15-9-7-13(5)8-10-15;/h7-12H,1-6H3;/q-1;+1. The van der Waals surface area contributed by atoms with Crippen molar-refractivity contribution in [2.45, 2.75) is 53.6 Å². The maximum absolute atomic E-state index is 12.2. The van der Waals surface area contributed by atoms with Gasteiger partial charge in [0.15, 0.2) is 0 Å². The van der Waals surface area contributed by atoms with Crippen LogP contribution in [0, 0.1) is 13.0 Å². The molecule has 1 amide bonds. The summed E-state index contributed by atoms with van der Waals surface area (Å²) < 4.78 is 5.46. The summed E-state index contributed by atoms with van der Waals surface area (Å²) in [6, 6.07) is 8.20. The van der Waals surface area contributed by atoms with Gasteiger partial charge >= 0.3 is 25.0 Å². The zero-order valence-corrected chi connectivity index (χ0v) is 13.7. The molecule has 0 N–H and O–H groups in total. The van der Waals surface area contributed by atoms with Gasteiger partial charge in [-0.15, -0.1) is 12.1 Å². The first-order chi connectivity index (χ1) is 8.82. The summed E-state index contributed by atoms with van der Waals surface area (Å²) >= 11 is 0. The van der Waals surface area contributed by atoms with Crippen molar-refractivity contribution < 1.29 is 28.4 Å². The number of hydrogen-bond acceptors (Lipinski definition) is 2. The first-order valence-corrected chi connectivity index (χ1v) is 6.73. The van der Waals surface area contributed by atoms with Crippen molar-refractivity contribution in [3.63, 3.8) is 0 Å². The number of carbonyl (C=O) groups is 1. The van der Waals surface area contributed by atoms with Crippen LogP contribution < -0.4 is 18.9 Å². The Bertz CT molecular complexity index is 407. The summed E-state index contributed by atoms with van der Waals surface area (Å²) in [6.45, 7) is 11.8. The Hall–Kier alpha value is -1.04. The molecule has 20 heavy (non-hydrogen) atoms. The topological polar surface area (TPSA) is 29.5 Å². The van der Waals surface area contributed by atoms with Crippen LogP contribution in [0.1, 0.15) is 45.7 Å². The average molecular weight is 269 g/mol. The molecule has 1 aromatic rings. The minimum absolute atomic E-state index is 0. The van der Waals surface area contributed by atoms with E-state index in [0.29, 0.717) is 6.10 Å². The molecule has 0 fully saturated rings. The van der Waals surface area contributed by atoms with Crippen LogP contribution in [0.2, 0.25) is 0 Å². The number of hydrogen-bond donors (Lipinski definition) is 0. The molecule has 0 spiro atoms. The van der Waals surface area contributed by atoms with Crippen LogP contribution >= 0.6 is 0 Å². The molecular formula is C16H24LiNO2. The molecule has 4 heteroatoms. The zero-order chi connectivity index (χ0) is 14.6. The molecule has 1 rings (SSSR count). The fraction of sp³-hybridized carbons (Fsp3) is 0.500. The number of benzene rings is 1. The molecule has 1 aromatic carbocycles. The quantitative estimate of drug-likeness (QED) is 0.606. The van der Waals surface area contributed by atoms with Crippen molar-refractivity contribution in [1.82, 2.24) is 4.90 Å². The monoisotopic (exact) mass is 269 g/mol. The third-order valence-electron chi connectivity index (χ3n) is 3.02. The average Bonchev–Trinajstić information content (AvgIpc) is 2.28. The summed E-state index contributed by atoms with van der Waals surface area (Å²) in [6.07, 6.45) is 0.347. The van der Waals surface area contributed by atoms with Gasteiger partial charge in [-0.25, -0.2) is 4.79 Å². The van der Waals surface area contributed by atoms with E-state index in [1.54, 1.807) is 4.90 Å². The Labute approximate surface area is 134 Å². The third-order valence-corrected chi connectivity index (χ3v) is 3.02. The van der Waals surface area contributed by atoms with Crippen molar-refractivity contribution in [3.05, 3.63) is 41.5 Å². The van der Waals surface area contributed by atoms with E-state index in [4.69, 9.17) is 4.74 Å². The zero-order valence-electron chi connectivity index (χ0n) is 13.7. The van der Waals surface area contributed by atoms with Gasteiger partial charge in [-0.3, -0.25) is 0 Å². The molecule has 0 saturated carbocycles. The van der Waals surface area contributed by atoms with Gasteiger partial charge in [0.2, 0.25) is 0 Å². The van der Waals surface area contributed by atoms with E-state index < -0.39 is 0 Å². The second-order valence-corrected chi connectivity index (χ2v) is 5.38. The minimum atomic E-state index is -0.289. The molecule has 0 heterocycles. The molecule has 0 aromatic heterocycles. The van der Waals surface area contributed by atoms with Gasteiger partial charge in [0.05, 0.1) is 0 Å². The Morgan fingerprint density at radius 3 is 1.95 bits per heavy atom. The number of aryl methyl sites for hydroxylation is 1. The second kappa shape index (κ2) is 8.29. The summed E-state index contributed by atoms with van der Waals surface area (Å²) in [4.78, 5) is 13.9. The van der Waals surface area contributed by atoms with E-state index in [9.17, 15) is 4.79 Å². The normalized spacial score (nSPS) is 10.2. The van der Waals surface area contributed by atoms with Gasteiger partial charge in [0.25, 0.3) is 0 Å². The van der Waals surface area contributed by atoms with Crippen LogP contribution in [0.3, 0.4) is 0 Å². The second-order valence-electron chi connectivity index (χ2n) is 5.38. The van der Waals surface area contributed by atoms with Crippen molar-refractivity contribution in [2.24, 2.45) is 0 Å². The summed E-state index contributed by atoms with van der Waals surface area (Å²) in [7, 11) is 0. The number of nitrogens with zero attached hydrogens (tertiary/aromatic N) is 1. The Morgan fingerprint density at radius 2 is 1.55 bits per heavy atom. The molecule has 0 radical (unpaired) electrons. The van der Waals surface area contributed by atoms with Gasteiger partial charge in [-0.05, 0) is 34.6 Å². The Kier molecular flexibility index (Phi) is 7.86. The summed E-state index contributed by atoms with van der Waals surface area (Å²) in [5.41, 5.74) is 2.13. The molecule has 0 aliphatic heterocycles. The number of amides is 1. The van der Waals surface area contributed by atoms with Gasteiger partial charge in [-0.2, -0.15) is 17.7 Å². The van der Waals surface area contributed by atoms with Gasteiger partial charge in [-0.1, -0.05) is 12.5 Å². The minimum Gasteiger partial charge on any atom is -0.478 e. The predicted molar refractivity (Wildman–Crippen MR) is 77.8 cm³/mol. The smallest absolute Gasteiger partial charge is 0.478 e. The molecule has 106 valence electrons. The molecule has 0 bridgehead atoms. The van der Waals surface area contributed by atoms with Crippen LogP contribution in [0.15, 0.2) is 24.3 Å². The molecule has 0 aliphatic rings. The Morgan fingerprint density at radius 1 is 1.10 bits per heavy atom. The fourth-order valence-electron chi connectivity index (χ4n) is 2.05. The van der Waals surface area contributed by atoms with Gasteiger partial charge in [0, 0.05) is 18.2 Å². The van der Waals surface area contributed by atoms with E-state index in [2.05, 4.69) is 0 Å². The number of rotatable bonds is 4. The first kappa shape index (κ1) is 19.0. The van der Waals surface area contributed by atoms with Crippen molar-refractivity contribution in [1.29, 1.82) is 0 Å². The molecule has 0 aliphatic carbocycles.